The minimum atomic E-state index is -0.428. The molecule has 0 atom stereocenters. The molecule has 124 valence electrons. The zero-order valence-corrected chi connectivity index (χ0v) is 15.4. The molecule has 0 radical (unpaired) electrons. The Hall–Kier alpha value is -2.06. The van der Waals surface area contributed by atoms with E-state index >= 15 is 0 Å². The van der Waals surface area contributed by atoms with Crippen molar-refractivity contribution < 1.29 is 9.53 Å². The summed E-state index contributed by atoms with van der Waals surface area (Å²) in [5.41, 5.74) is 0.871. The summed E-state index contributed by atoms with van der Waals surface area (Å²) in [5.74, 6) is -0.0773. The fourth-order valence-corrected chi connectivity index (χ4v) is 3.27. The van der Waals surface area contributed by atoms with Gasteiger partial charge in [0.25, 0.3) is 5.56 Å². The molecule has 0 saturated carbocycles. The van der Waals surface area contributed by atoms with E-state index in [9.17, 15) is 9.59 Å². The molecule has 3 rings (SSSR count). The van der Waals surface area contributed by atoms with Gasteiger partial charge < -0.3 is 4.74 Å². The zero-order valence-electron chi connectivity index (χ0n) is 13.0. The molecule has 0 fully saturated rings. The molecule has 0 unspecified atom stereocenters. The minimum absolute atomic E-state index is 0.0835. The standard InChI is InChI=1S/C16H14BrN3O3S/c1-10(21)23-9-14-18-19-7-6-13(17)15(19)16(22)20(14)11-4-3-5-12(8-11)24-2/h3-8H,9H2,1-2H3. The smallest absolute Gasteiger partial charge is 0.303 e. The number of hydrogen-bond donors (Lipinski definition) is 0. The largest absolute Gasteiger partial charge is 0.458 e. The molecule has 0 aliphatic rings. The van der Waals surface area contributed by atoms with Gasteiger partial charge in [0.15, 0.2) is 12.4 Å². The Kier molecular flexibility index (Phi) is 4.77. The number of benzene rings is 1. The van der Waals surface area contributed by atoms with Gasteiger partial charge >= 0.3 is 5.97 Å². The van der Waals surface area contributed by atoms with Crippen LogP contribution >= 0.6 is 27.7 Å². The van der Waals surface area contributed by atoms with E-state index in [-0.39, 0.29) is 12.2 Å². The highest BCUT2D eigenvalue weighted by Crippen LogP contribution is 2.20. The van der Waals surface area contributed by atoms with E-state index in [1.807, 2.05) is 30.5 Å². The number of thioether (sulfide) groups is 1. The molecule has 0 saturated heterocycles. The number of esters is 1. The third-order valence-electron chi connectivity index (χ3n) is 3.42. The van der Waals surface area contributed by atoms with Crippen molar-refractivity contribution in [3.05, 3.63) is 57.2 Å². The van der Waals surface area contributed by atoms with Gasteiger partial charge in [0.05, 0.1) is 10.2 Å². The van der Waals surface area contributed by atoms with Crippen LogP contribution in [0.5, 0.6) is 0 Å². The number of halogens is 1. The summed E-state index contributed by atoms with van der Waals surface area (Å²) in [4.78, 5) is 25.2. The van der Waals surface area contributed by atoms with Crippen molar-refractivity contribution in [2.24, 2.45) is 0 Å². The van der Waals surface area contributed by atoms with Crippen molar-refractivity contribution in [1.29, 1.82) is 0 Å². The normalized spacial score (nSPS) is 11.0. The number of carbonyl (C=O) groups excluding carboxylic acids is 1. The Morgan fingerprint density at radius 2 is 2.17 bits per heavy atom. The maximum atomic E-state index is 13.0. The molecule has 0 spiro atoms. The Morgan fingerprint density at radius 1 is 1.38 bits per heavy atom. The van der Waals surface area contributed by atoms with Gasteiger partial charge in [-0.3, -0.25) is 14.2 Å². The van der Waals surface area contributed by atoms with E-state index in [1.165, 1.54) is 16.0 Å². The fraction of sp³-hybridized carbons (Fsp3) is 0.188. The van der Waals surface area contributed by atoms with E-state index in [4.69, 9.17) is 4.74 Å². The fourth-order valence-electron chi connectivity index (χ4n) is 2.35. The van der Waals surface area contributed by atoms with Crippen LogP contribution in [0.1, 0.15) is 12.7 Å². The first-order chi connectivity index (χ1) is 11.5. The van der Waals surface area contributed by atoms with Gasteiger partial charge in [0, 0.05) is 18.0 Å². The van der Waals surface area contributed by atoms with E-state index in [0.717, 1.165) is 4.90 Å². The molecule has 2 heterocycles. The second kappa shape index (κ2) is 6.82. The van der Waals surface area contributed by atoms with Gasteiger partial charge in [-0.1, -0.05) is 6.07 Å². The molecule has 1 aromatic carbocycles. The monoisotopic (exact) mass is 407 g/mol. The summed E-state index contributed by atoms with van der Waals surface area (Å²) in [5, 5.41) is 4.43. The van der Waals surface area contributed by atoms with Crippen molar-refractivity contribution >= 4 is 39.2 Å². The van der Waals surface area contributed by atoms with Crippen LogP contribution in [-0.2, 0) is 16.1 Å². The number of hydrogen-bond acceptors (Lipinski definition) is 5. The Morgan fingerprint density at radius 3 is 2.88 bits per heavy atom. The summed E-state index contributed by atoms with van der Waals surface area (Å²) in [7, 11) is 0. The minimum Gasteiger partial charge on any atom is -0.458 e. The van der Waals surface area contributed by atoms with E-state index in [1.54, 1.807) is 24.0 Å². The molecule has 3 aromatic rings. The van der Waals surface area contributed by atoms with Gasteiger partial charge in [0.2, 0.25) is 0 Å². The molecule has 0 bridgehead atoms. The lowest BCUT2D eigenvalue weighted by molar-refractivity contribution is -0.142. The summed E-state index contributed by atoms with van der Waals surface area (Å²) >= 11 is 4.96. The Labute approximate surface area is 150 Å². The topological polar surface area (TPSA) is 65.6 Å². The molecular weight excluding hydrogens is 394 g/mol. The van der Waals surface area contributed by atoms with Crippen molar-refractivity contribution in [3.8, 4) is 5.69 Å². The highest BCUT2D eigenvalue weighted by Gasteiger charge is 2.16. The van der Waals surface area contributed by atoms with Crippen LogP contribution in [0.4, 0.5) is 0 Å². The summed E-state index contributed by atoms with van der Waals surface area (Å²) in [6.07, 6.45) is 3.65. The van der Waals surface area contributed by atoms with Gasteiger partial charge in [-0.25, -0.2) is 4.52 Å². The molecule has 6 nitrogen and oxygen atoms in total. The van der Waals surface area contributed by atoms with Crippen LogP contribution in [0.2, 0.25) is 0 Å². The van der Waals surface area contributed by atoms with Gasteiger partial charge in [-0.2, -0.15) is 5.10 Å². The van der Waals surface area contributed by atoms with Crippen molar-refractivity contribution in [2.75, 3.05) is 6.26 Å². The molecular formula is C16H14BrN3O3S. The maximum absolute atomic E-state index is 13.0. The lowest BCUT2D eigenvalue weighted by Gasteiger charge is -2.13. The first-order valence-corrected chi connectivity index (χ1v) is 9.09. The van der Waals surface area contributed by atoms with E-state index in [2.05, 4.69) is 21.0 Å². The van der Waals surface area contributed by atoms with Gasteiger partial charge in [0.1, 0.15) is 5.52 Å². The average Bonchev–Trinajstić information content (AvgIpc) is 2.94. The van der Waals surface area contributed by atoms with Crippen LogP contribution < -0.4 is 5.56 Å². The van der Waals surface area contributed by atoms with Crippen molar-refractivity contribution in [3.63, 3.8) is 0 Å². The molecule has 0 aliphatic heterocycles. The number of nitrogens with zero attached hydrogens (tertiary/aromatic N) is 3. The predicted molar refractivity (Wildman–Crippen MR) is 95.7 cm³/mol. The van der Waals surface area contributed by atoms with E-state index < -0.39 is 5.97 Å². The number of fused-ring (bicyclic) bond motifs is 1. The van der Waals surface area contributed by atoms with Crippen LogP contribution in [0.25, 0.3) is 11.2 Å². The second-order valence-corrected chi connectivity index (χ2v) is 6.73. The second-order valence-electron chi connectivity index (χ2n) is 5.00. The van der Waals surface area contributed by atoms with Crippen molar-refractivity contribution in [1.82, 2.24) is 14.2 Å². The molecule has 2 aromatic heterocycles. The molecule has 0 amide bonds. The third kappa shape index (κ3) is 3.11. The van der Waals surface area contributed by atoms with Crippen molar-refractivity contribution in [2.45, 2.75) is 18.4 Å². The summed E-state index contributed by atoms with van der Waals surface area (Å²) < 4.78 is 8.69. The Bertz CT molecular complexity index is 980. The SMILES string of the molecule is CSc1cccc(-n2c(COC(C)=O)nn3ccc(Br)c3c2=O)c1. The number of rotatable bonds is 4. The number of aromatic nitrogens is 3. The summed E-state index contributed by atoms with van der Waals surface area (Å²) in [6.45, 7) is 1.24. The van der Waals surface area contributed by atoms with E-state index in [0.29, 0.717) is 21.5 Å². The van der Waals surface area contributed by atoms with Gasteiger partial charge in [-0.15, -0.1) is 11.8 Å². The zero-order chi connectivity index (χ0) is 17.3. The molecule has 8 heteroatoms. The highest BCUT2D eigenvalue weighted by molar-refractivity contribution is 9.10. The first-order valence-electron chi connectivity index (χ1n) is 7.08. The van der Waals surface area contributed by atoms with Crippen LogP contribution in [0.15, 0.2) is 50.7 Å². The molecule has 24 heavy (non-hydrogen) atoms. The predicted octanol–water partition coefficient (Wildman–Crippen LogP) is 3.03. The summed E-state index contributed by atoms with van der Waals surface area (Å²) in [6, 6.07) is 9.32. The first kappa shape index (κ1) is 16.8. The lowest BCUT2D eigenvalue weighted by Crippen LogP contribution is -2.27. The molecule has 0 N–H and O–H groups in total. The molecule has 0 aliphatic carbocycles. The average molecular weight is 408 g/mol. The lowest BCUT2D eigenvalue weighted by atomic mass is 10.3. The number of ether oxygens (including phenoxy) is 1. The number of carbonyl (C=O) groups is 1. The highest BCUT2D eigenvalue weighted by atomic mass is 79.9. The Balaban J connectivity index is 2.27. The quantitative estimate of drug-likeness (QED) is 0.491. The third-order valence-corrected chi connectivity index (χ3v) is 4.79. The maximum Gasteiger partial charge on any atom is 0.303 e. The van der Waals surface area contributed by atoms with Crippen LogP contribution in [-0.4, -0.2) is 26.4 Å². The van der Waals surface area contributed by atoms with Gasteiger partial charge in [-0.05, 0) is 46.5 Å². The van der Waals surface area contributed by atoms with Crippen LogP contribution in [0, 0.1) is 0 Å². The van der Waals surface area contributed by atoms with Crippen LogP contribution in [0.3, 0.4) is 0 Å².